The van der Waals surface area contributed by atoms with E-state index in [-0.39, 0.29) is 49.0 Å². The smallest absolute Gasteiger partial charge is 0.274 e. The first-order valence-corrected chi connectivity index (χ1v) is 51.0. The number of anilines is 4. The minimum absolute atomic E-state index is 0. The summed E-state index contributed by atoms with van der Waals surface area (Å²) in [7, 11) is 1.66. The standard InChI is InChI=1S/C34H34FN5O2.C30H33N5O.C29H30N4O3.C29H30N4O2.CH4/c1-21-16-30(40(39-21)26-8-5-6-23(17-26)19-36)34(41)38-29-18-25(12-14-28(29)35)33(37-20-22-10-11-22)32-27-9-4-3-7-24(27)13-15-31(32)42-2;1-20-6-3-8-24(14-20)29(32-19-22-12-13-22)25-9-5-10-26(17-25)33-30(36)28-15-21(2)34-35(28)27-11-4-7-23(16-27)18-31;1-20-15-27(33(32-20)26-12-5-7-22(16-26)18-30)28(34)31-25-11-6-10-24(17-25)29(35,36-19-21-13-14-21)23-8-3-2-4-9-23;1-20-15-27(33(32-20)26-12-5-7-22(16-26)18-30)29(34)31-25-11-6-10-24(17-25)28(35-19-21-13-14-21)23-8-3-2-4-9-23;/h3-9,12-18,22,33,37H,10-11,19-20,36H2,1-2H3,(H,38,41);3-11,14-17,22,29,32H,12-13,18-19,31H2,1-2H3,(H,33,36);2-12,15-17,21,35H,13-14,18-19,30H2,1H3,(H,31,34);2-12,15-17,21,28H,13-14,18-19,30H2,1H3,(H,31,34);1H4. The third-order valence-corrected chi connectivity index (χ3v) is 26.9. The molecule has 4 fully saturated rings. The molecule has 4 aliphatic rings. The van der Waals surface area contributed by atoms with Gasteiger partial charge in [0, 0.05) is 59.9 Å². The number of amides is 4. The third kappa shape index (κ3) is 26.7. The van der Waals surface area contributed by atoms with Crippen molar-refractivity contribution in [1.82, 2.24) is 49.8 Å². The van der Waals surface area contributed by atoms with E-state index < -0.39 is 17.5 Å². The van der Waals surface area contributed by atoms with E-state index >= 15 is 4.39 Å². The van der Waals surface area contributed by atoms with Gasteiger partial charge < -0.3 is 74.2 Å². The van der Waals surface area contributed by atoms with Crippen molar-refractivity contribution in [2.24, 2.45) is 46.6 Å². The van der Waals surface area contributed by atoms with Gasteiger partial charge in [-0.2, -0.15) is 20.4 Å². The SMILES string of the molecule is C.COc1ccc2ccccc2c1C(NCC1CC1)c1ccc(F)c(NC(=O)c2cc(C)nn2-c2cccc(CN)c2)c1.Cc1cc(C(=O)Nc2cccc(C(O)(OCC3CC3)c3ccccc3)c2)n(-c2cccc(CN)c2)n1.Cc1cc(C(=O)Nc2cccc(C(OCC3CC3)c3ccccc3)c2)n(-c2cccc(CN)c2)n1.Cc1cccc(C(NCC2CC2)c2cccc(NC(=O)c3cc(C)nn3-c3cccc(CN)c3)c2)c1. The summed E-state index contributed by atoms with van der Waals surface area (Å²) in [5.74, 6) is -0.0818. The van der Waals surface area contributed by atoms with Gasteiger partial charge in [0.15, 0.2) is 0 Å². The Morgan fingerprint density at radius 2 is 0.767 bits per heavy atom. The van der Waals surface area contributed by atoms with Crippen LogP contribution in [-0.4, -0.2) is 101 Å². The number of nitrogens with zero attached hydrogens (tertiary/aromatic N) is 8. The lowest BCUT2D eigenvalue weighted by atomic mass is 9.92. The second-order valence-electron chi connectivity index (χ2n) is 38.9. The molecule has 4 amide bonds. The summed E-state index contributed by atoms with van der Waals surface area (Å²) >= 11 is 0. The van der Waals surface area contributed by atoms with Crippen LogP contribution < -0.4 is 59.6 Å². The fraction of sp³-hybridized carbons (Fsp3) is 0.252. The second-order valence-corrected chi connectivity index (χ2v) is 38.9. The zero-order chi connectivity index (χ0) is 104. The van der Waals surface area contributed by atoms with E-state index in [0.29, 0.717) is 107 Å². The third-order valence-electron chi connectivity index (χ3n) is 26.9. The monoisotopic (exact) mass is 2010 g/mol. The Morgan fingerprint density at radius 3 is 1.23 bits per heavy atom. The average Bonchev–Trinajstić information content (AvgIpc) is 1.38. The maximum Gasteiger partial charge on any atom is 0.274 e. The summed E-state index contributed by atoms with van der Waals surface area (Å²) < 4.78 is 40.1. The lowest BCUT2D eigenvalue weighted by Crippen LogP contribution is -2.32. The molecule has 21 rings (SSSR count). The Morgan fingerprint density at radius 1 is 0.380 bits per heavy atom. The first-order chi connectivity index (χ1) is 72.5. The molecule has 4 aliphatic carbocycles. The van der Waals surface area contributed by atoms with Crippen molar-refractivity contribution in [2.45, 2.75) is 144 Å². The van der Waals surface area contributed by atoms with Gasteiger partial charge in [-0.15, -0.1) is 0 Å². The molecule has 0 bridgehead atoms. The van der Waals surface area contributed by atoms with Crippen molar-refractivity contribution in [3.8, 4) is 28.5 Å². The number of fused-ring (bicyclic) bond motifs is 1. The normalized spacial score (nSPS) is 14.0. The van der Waals surface area contributed by atoms with E-state index in [2.05, 4.69) is 120 Å². The molecule has 13 aromatic carbocycles. The van der Waals surface area contributed by atoms with Crippen LogP contribution in [0.5, 0.6) is 5.75 Å². The quantitative estimate of drug-likeness (QED) is 0.0161. The largest absolute Gasteiger partial charge is 0.496 e. The number of aliphatic hydroxyl groups is 1. The van der Waals surface area contributed by atoms with Crippen molar-refractivity contribution >= 4 is 57.2 Å². The van der Waals surface area contributed by atoms with Crippen molar-refractivity contribution < 1.29 is 42.9 Å². The number of carbonyl (C=O) groups is 4. The van der Waals surface area contributed by atoms with Crippen LogP contribution in [-0.2, 0) is 41.4 Å². The molecular formula is C123H131FN18O8. The highest BCUT2D eigenvalue weighted by molar-refractivity contribution is 6.06. The molecule has 4 aromatic heterocycles. The van der Waals surface area contributed by atoms with E-state index in [9.17, 15) is 24.3 Å². The van der Waals surface area contributed by atoms with Gasteiger partial charge in [0.2, 0.25) is 5.79 Å². The number of aromatic nitrogens is 8. The molecule has 26 nitrogen and oxygen atoms in total. The van der Waals surface area contributed by atoms with Crippen LogP contribution in [0.4, 0.5) is 27.1 Å². The van der Waals surface area contributed by atoms with Gasteiger partial charge in [0.1, 0.15) is 40.4 Å². The molecule has 15 N–H and O–H groups in total. The number of hydrogen-bond donors (Lipinski definition) is 11. The molecule has 4 unspecified atom stereocenters. The van der Waals surface area contributed by atoms with Gasteiger partial charge in [-0.1, -0.05) is 219 Å². The summed E-state index contributed by atoms with van der Waals surface area (Å²) in [5.41, 5.74) is 45.5. The first-order valence-electron chi connectivity index (χ1n) is 51.0. The zero-order valence-corrected chi connectivity index (χ0v) is 84.7. The molecular weight excluding hydrogens is 1880 g/mol. The fourth-order valence-corrected chi connectivity index (χ4v) is 18.3. The molecule has 150 heavy (non-hydrogen) atoms. The Balaban J connectivity index is 0.000000136. The summed E-state index contributed by atoms with van der Waals surface area (Å²) in [5, 5.41) is 51.4. The van der Waals surface area contributed by atoms with Crippen LogP contribution >= 0.6 is 0 Å². The lowest BCUT2D eigenvalue weighted by Gasteiger charge is -2.30. The summed E-state index contributed by atoms with van der Waals surface area (Å²) in [6.07, 6.45) is 9.50. The minimum atomic E-state index is -1.62. The topological polar surface area (TPSA) is 364 Å². The fourth-order valence-electron chi connectivity index (χ4n) is 18.3. The molecule has 0 saturated heterocycles. The van der Waals surface area contributed by atoms with Crippen LogP contribution in [0.1, 0.15) is 214 Å². The molecule has 4 atom stereocenters. The maximum absolute atomic E-state index is 15.3. The lowest BCUT2D eigenvalue weighted by molar-refractivity contribution is -0.183. The Bertz CT molecular complexity index is 7570. The summed E-state index contributed by atoms with van der Waals surface area (Å²) in [4.78, 5) is 53.6. The predicted molar refractivity (Wildman–Crippen MR) is 591 cm³/mol. The van der Waals surface area contributed by atoms with Crippen LogP contribution in [0, 0.1) is 64.1 Å². The highest BCUT2D eigenvalue weighted by Gasteiger charge is 2.37. The van der Waals surface area contributed by atoms with E-state index in [0.717, 1.165) is 145 Å². The van der Waals surface area contributed by atoms with Gasteiger partial charge in [0.25, 0.3) is 23.6 Å². The Kier molecular flexibility index (Phi) is 34.4. The first kappa shape index (κ1) is 106. The van der Waals surface area contributed by atoms with E-state index in [1.807, 2.05) is 240 Å². The number of methoxy groups -OCH3 is 1. The number of nitrogens with two attached hydrogens (primary N) is 4. The summed E-state index contributed by atoms with van der Waals surface area (Å²) in [6.45, 7) is 14.2. The van der Waals surface area contributed by atoms with Gasteiger partial charge in [-0.05, 0) is 311 Å². The van der Waals surface area contributed by atoms with Crippen LogP contribution in [0.25, 0.3) is 33.5 Å². The van der Waals surface area contributed by atoms with Gasteiger partial charge >= 0.3 is 0 Å². The van der Waals surface area contributed by atoms with Crippen molar-refractivity contribution in [3.05, 3.63) is 457 Å². The highest BCUT2D eigenvalue weighted by Crippen LogP contribution is 2.43. The van der Waals surface area contributed by atoms with Crippen molar-refractivity contribution in [3.63, 3.8) is 0 Å². The number of benzene rings is 13. The van der Waals surface area contributed by atoms with Gasteiger partial charge in [-0.25, -0.2) is 23.1 Å². The number of carbonyl (C=O) groups excluding carboxylic acids is 4. The average molecular weight is 2010 g/mol. The molecule has 17 aromatic rings. The highest BCUT2D eigenvalue weighted by atomic mass is 19.1. The Labute approximate surface area is 875 Å². The van der Waals surface area contributed by atoms with Crippen molar-refractivity contribution in [1.29, 1.82) is 0 Å². The number of nitrogens with one attached hydrogen (secondary N) is 6. The number of hydrogen-bond acceptors (Lipinski definition) is 18. The van der Waals surface area contributed by atoms with Crippen LogP contribution in [0.15, 0.2) is 334 Å². The van der Waals surface area contributed by atoms with Gasteiger partial charge in [0.05, 0.1) is 83.6 Å². The molecule has 0 spiro atoms. The summed E-state index contributed by atoms with van der Waals surface area (Å²) in [6, 6.07) is 106. The minimum Gasteiger partial charge on any atom is -0.496 e. The van der Waals surface area contributed by atoms with Crippen molar-refractivity contribution in [2.75, 3.05) is 54.7 Å². The molecule has 4 heterocycles. The van der Waals surface area contributed by atoms with Crippen LogP contribution in [0.3, 0.4) is 0 Å². The van der Waals surface area contributed by atoms with E-state index in [1.165, 1.54) is 55.7 Å². The molecule has 4 saturated carbocycles. The molecule has 768 valence electrons. The van der Waals surface area contributed by atoms with E-state index in [4.69, 9.17) is 37.1 Å². The molecule has 0 radical (unpaired) electrons. The second kappa shape index (κ2) is 48.9. The molecule has 27 heteroatoms. The number of halogens is 1. The molecule has 0 aliphatic heterocycles. The number of ether oxygens (including phenoxy) is 3. The Hall–Kier alpha value is -15.8. The number of aryl methyl sites for hydroxylation is 5. The van der Waals surface area contributed by atoms with E-state index in [1.54, 1.807) is 80.4 Å². The number of rotatable bonds is 37. The predicted octanol–water partition coefficient (Wildman–Crippen LogP) is 22.1. The maximum atomic E-state index is 15.3. The van der Waals surface area contributed by atoms with Gasteiger partial charge in [-0.3, -0.25) is 19.2 Å². The zero-order valence-electron chi connectivity index (χ0n) is 84.7. The van der Waals surface area contributed by atoms with Crippen LogP contribution in [0.2, 0.25) is 0 Å².